The van der Waals surface area contributed by atoms with E-state index >= 15 is 0 Å². The molecule has 0 aliphatic rings. The van der Waals surface area contributed by atoms with Gasteiger partial charge in [0.05, 0.1) is 12.1 Å². The smallest absolute Gasteiger partial charge is 0.309 e. The molecule has 1 aromatic carbocycles. The highest BCUT2D eigenvalue weighted by Gasteiger charge is 2.13. The van der Waals surface area contributed by atoms with Crippen LogP contribution in [-0.2, 0) is 11.2 Å². The highest BCUT2D eigenvalue weighted by atomic mass is 19.1. The molecule has 2 aromatic rings. The standard InChI is InChI=1S/C12H11FN2O2/c1-7-10(6-11(16)17)14-15-12(7)8-2-4-9(13)5-3-8/h2-5H,6H2,1H3,(H,14,15)(H,16,17). The molecule has 0 amide bonds. The molecule has 0 spiro atoms. The Balaban J connectivity index is 2.37. The number of benzene rings is 1. The second kappa shape index (κ2) is 4.37. The molecule has 88 valence electrons. The Kier molecular flexibility index (Phi) is 2.91. The second-order valence-corrected chi connectivity index (χ2v) is 3.75. The first kappa shape index (κ1) is 11.3. The summed E-state index contributed by atoms with van der Waals surface area (Å²) >= 11 is 0. The summed E-state index contributed by atoms with van der Waals surface area (Å²) in [4.78, 5) is 10.6. The number of carboxylic acids is 1. The molecule has 4 nitrogen and oxygen atoms in total. The van der Waals surface area contributed by atoms with Crippen LogP contribution >= 0.6 is 0 Å². The van der Waals surface area contributed by atoms with Gasteiger partial charge in [0.15, 0.2) is 0 Å². The van der Waals surface area contributed by atoms with Crippen LogP contribution in [-0.4, -0.2) is 21.3 Å². The topological polar surface area (TPSA) is 66.0 Å². The molecule has 17 heavy (non-hydrogen) atoms. The third kappa shape index (κ3) is 2.33. The van der Waals surface area contributed by atoms with Gasteiger partial charge in [0.25, 0.3) is 0 Å². The van der Waals surface area contributed by atoms with Crippen molar-refractivity contribution >= 4 is 5.97 Å². The Labute approximate surface area is 97.1 Å². The van der Waals surface area contributed by atoms with Crippen LogP contribution in [0, 0.1) is 12.7 Å². The molecule has 0 aliphatic heterocycles. The minimum absolute atomic E-state index is 0.0972. The lowest BCUT2D eigenvalue weighted by Crippen LogP contribution is -2.01. The van der Waals surface area contributed by atoms with Crippen LogP contribution in [0.4, 0.5) is 4.39 Å². The zero-order valence-electron chi connectivity index (χ0n) is 9.20. The normalized spacial score (nSPS) is 10.5. The van der Waals surface area contributed by atoms with E-state index in [1.165, 1.54) is 12.1 Å². The van der Waals surface area contributed by atoms with Crippen LogP contribution in [0.5, 0.6) is 0 Å². The fraction of sp³-hybridized carbons (Fsp3) is 0.167. The van der Waals surface area contributed by atoms with Crippen LogP contribution in [0.2, 0.25) is 0 Å². The molecule has 0 fully saturated rings. The number of rotatable bonds is 3. The number of halogens is 1. The highest BCUT2D eigenvalue weighted by molar-refractivity contribution is 5.72. The Bertz CT molecular complexity index is 546. The van der Waals surface area contributed by atoms with E-state index < -0.39 is 5.97 Å². The van der Waals surface area contributed by atoms with Gasteiger partial charge in [-0.1, -0.05) is 0 Å². The summed E-state index contributed by atoms with van der Waals surface area (Å²) in [6.45, 7) is 1.79. The van der Waals surface area contributed by atoms with Gasteiger partial charge in [-0.2, -0.15) is 5.10 Å². The van der Waals surface area contributed by atoms with Gasteiger partial charge in [0.1, 0.15) is 5.82 Å². The first-order valence-electron chi connectivity index (χ1n) is 5.09. The molecule has 2 N–H and O–H groups in total. The van der Waals surface area contributed by atoms with E-state index in [9.17, 15) is 9.18 Å². The van der Waals surface area contributed by atoms with E-state index in [0.29, 0.717) is 11.4 Å². The zero-order valence-corrected chi connectivity index (χ0v) is 9.20. The van der Waals surface area contributed by atoms with Gasteiger partial charge >= 0.3 is 5.97 Å². The zero-order chi connectivity index (χ0) is 12.4. The Hall–Kier alpha value is -2.17. The Morgan fingerprint density at radius 1 is 1.41 bits per heavy atom. The molecular formula is C12H11FN2O2. The number of nitrogens with one attached hydrogen (secondary N) is 1. The number of hydrogen-bond donors (Lipinski definition) is 2. The predicted octanol–water partition coefficient (Wildman–Crippen LogP) is 2.15. The lowest BCUT2D eigenvalue weighted by Gasteiger charge is -1.99. The molecule has 1 heterocycles. The first-order valence-corrected chi connectivity index (χ1v) is 5.09. The molecule has 5 heteroatoms. The molecule has 0 aliphatic carbocycles. The first-order chi connectivity index (χ1) is 8.08. The van der Waals surface area contributed by atoms with Gasteiger partial charge in [0, 0.05) is 11.3 Å². The number of aromatic amines is 1. The van der Waals surface area contributed by atoms with Crippen molar-refractivity contribution in [2.24, 2.45) is 0 Å². The SMILES string of the molecule is Cc1c(-c2ccc(F)cc2)n[nH]c1CC(=O)O. The van der Waals surface area contributed by atoms with Gasteiger partial charge < -0.3 is 5.11 Å². The lowest BCUT2D eigenvalue weighted by atomic mass is 10.1. The van der Waals surface area contributed by atoms with E-state index in [1.807, 2.05) is 0 Å². The van der Waals surface area contributed by atoms with E-state index in [-0.39, 0.29) is 12.2 Å². The summed E-state index contributed by atoms with van der Waals surface area (Å²) in [5.74, 6) is -1.23. The number of carboxylic acid groups (broad SMARTS) is 1. The third-order valence-electron chi connectivity index (χ3n) is 2.56. The molecule has 0 saturated carbocycles. The quantitative estimate of drug-likeness (QED) is 0.855. The predicted molar refractivity (Wildman–Crippen MR) is 60.1 cm³/mol. The molecule has 0 unspecified atom stereocenters. The summed E-state index contributed by atoms with van der Waals surface area (Å²) in [6.07, 6.45) is -0.0972. The monoisotopic (exact) mass is 234 g/mol. The highest BCUT2D eigenvalue weighted by Crippen LogP contribution is 2.23. The van der Waals surface area contributed by atoms with Crippen molar-refractivity contribution in [2.75, 3.05) is 0 Å². The molecule has 2 rings (SSSR count). The largest absolute Gasteiger partial charge is 0.481 e. The van der Waals surface area contributed by atoms with Crippen molar-refractivity contribution in [2.45, 2.75) is 13.3 Å². The van der Waals surface area contributed by atoms with Crippen molar-refractivity contribution in [1.29, 1.82) is 0 Å². The van der Waals surface area contributed by atoms with Crippen LogP contribution in [0.25, 0.3) is 11.3 Å². The van der Waals surface area contributed by atoms with E-state index in [2.05, 4.69) is 10.2 Å². The molecule has 0 radical (unpaired) electrons. The summed E-state index contributed by atoms with van der Waals surface area (Å²) in [7, 11) is 0. The molecule has 0 bridgehead atoms. The van der Waals surface area contributed by atoms with Crippen LogP contribution in [0.15, 0.2) is 24.3 Å². The molecule has 0 saturated heterocycles. The Morgan fingerprint density at radius 3 is 2.65 bits per heavy atom. The number of carbonyl (C=O) groups is 1. The van der Waals surface area contributed by atoms with Crippen molar-refractivity contribution < 1.29 is 14.3 Å². The summed E-state index contributed by atoms with van der Waals surface area (Å²) in [6, 6.07) is 5.92. The van der Waals surface area contributed by atoms with Gasteiger partial charge in [-0.25, -0.2) is 4.39 Å². The summed E-state index contributed by atoms with van der Waals surface area (Å²) < 4.78 is 12.8. The fourth-order valence-corrected chi connectivity index (χ4v) is 1.65. The van der Waals surface area contributed by atoms with Crippen LogP contribution in [0.3, 0.4) is 0 Å². The number of aromatic nitrogens is 2. The van der Waals surface area contributed by atoms with Gasteiger partial charge in [-0.05, 0) is 36.8 Å². The second-order valence-electron chi connectivity index (χ2n) is 3.75. The minimum atomic E-state index is -0.914. The van der Waals surface area contributed by atoms with Gasteiger partial charge in [-0.15, -0.1) is 0 Å². The average Bonchev–Trinajstić information content (AvgIpc) is 2.61. The van der Waals surface area contributed by atoms with Crippen molar-refractivity contribution in [3.05, 3.63) is 41.3 Å². The summed E-state index contributed by atoms with van der Waals surface area (Å²) in [5, 5.41) is 15.5. The van der Waals surface area contributed by atoms with E-state index in [0.717, 1.165) is 11.1 Å². The van der Waals surface area contributed by atoms with Crippen molar-refractivity contribution in [3.8, 4) is 11.3 Å². The van der Waals surface area contributed by atoms with Gasteiger partial charge in [-0.3, -0.25) is 9.89 Å². The average molecular weight is 234 g/mol. The minimum Gasteiger partial charge on any atom is -0.481 e. The van der Waals surface area contributed by atoms with Crippen LogP contribution < -0.4 is 0 Å². The number of H-pyrrole nitrogens is 1. The van der Waals surface area contributed by atoms with Crippen LogP contribution in [0.1, 0.15) is 11.3 Å². The maximum atomic E-state index is 12.8. The number of nitrogens with zero attached hydrogens (tertiary/aromatic N) is 1. The fourth-order valence-electron chi connectivity index (χ4n) is 1.65. The lowest BCUT2D eigenvalue weighted by molar-refractivity contribution is -0.136. The number of hydrogen-bond acceptors (Lipinski definition) is 2. The Morgan fingerprint density at radius 2 is 2.06 bits per heavy atom. The third-order valence-corrected chi connectivity index (χ3v) is 2.56. The maximum Gasteiger partial charge on any atom is 0.309 e. The summed E-state index contributed by atoms with van der Waals surface area (Å²) in [5.41, 5.74) is 2.76. The molecule has 0 atom stereocenters. The van der Waals surface area contributed by atoms with E-state index in [1.54, 1.807) is 19.1 Å². The number of aliphatic carboxylic acids is 1. The molecular weight excluding hydrogens is 223 g/mol. The van der Waals surface area contributed by atoms with Gasteiger partial charge in [0.2, 0.25) is 0 Å². The van der Waals surface area contributed by atoms with Crippen molar-refractivity contribution in [1.82, 2.24) is 10.2 Å². The van der Waals surface area contributed by atoms with Crippen molar-refractivity contribution in [3.63, 3.8) is 0 Å². The molecule has 1 aromatic heterocycles. The van der Waals surface area contributed by atoms with E-state index in [4.69, 9.17) is 5.11 Å². The maximum absolute atomic E-state index is 12.8.